The summed E-state index contributed by atoms with van der Waals surface area (Å²) in [6, 6.07) is 6.47. The molecular formula is C12H8Cl3FN2O2S. The highest BCUT2D eigenvalue weighted by Gasteiger charge is 2.23. The number of nitrogens with two attached hydrogens (primary N) is 1. The highest BCUT2D eigenvalue weighted by molar-refractivity contribution is 7.92. The van der Waals surface area contributed by atoms with Crippen molar-refractivity contribution in [2.24, 2.45) is 0 Å². The monoisotopic (exact) mass is 368 g/mol. The van der Waals surface area contributed by atoms with E-state index >= 15 is 0 Å². The fraction of sp³-hybridized carbons (Fsp3) is 0. The number of anilines is 2. The van der Waals surface area contributed by atoms with Crippen LogP contribution in [0.4, 0.5) is 15.8 Å². The number of hydrogen-bond acceptors (Lipinski definition) is 3. The van der Waals surface area contributed by atoms with Crippen molar-refractivity contribution in [1.29, 1.82) is 0 Å². The summed E-state index contributed by atoms with van der Waals surface area (Å²) in [7, 11) is -4.29. The van der Waals surface area contributed by atoms with Crippen LogP contribution in [0.3, 0.4) is 0 Å². The minimum absolute atomic E-state index is 0.0143. The molecule has 21 heavy (non-hydrogen) atoms. The Kier molecular flexibility index (Phi) is 4.53. The van der Waals surface area contributed by atoms with Crippen molar-refractivity contribution in [2.45, 2.75) is 4.90 Å². The van der Waals surface area contributed by atoms with Gasteiger partial charge in [-0.3, -0.25) is 4.72 Å². The standard InChI is InChI=1S/C12H8Cl3FN2O2S/c13-6-4-9(17)11(16)10(5-6)21(19,20)18-12-7(14)2-1-3-8(12)15/h1-5,18H,17H2. The van der Waals surface area contributed by atoms with Crippen molar-refractivity contribution in [2.75, 3.05) is 10.5 Å². The van der Waals surface area contributed by atoms with Gasteiger partial charge in [0.15, 0.2) is 5.82 Å². The molecule has 0 amide bonds. The Morgan fingerprint density at radius 2 is 1.67 bits per heavy atom. The van der Waals surface area contributed by atoms with Crippen LogP contribution in [0, 0.1) is 5.82 Å². The van der Waals surface area contributed by atoms with E-state index in [1.54, 1.807) is 6.07 Å². The summed E-state index contributed by atoms with van der Waals surface area (Å²) in [4.78, 5) is -0.691. The molecule has 0 fully saturated rings. The van der Waals surface area contributed by atoms with Gasteiger partial charge in [0.05, 0.1) is 21.4 Å². The molecule has 0 bridgehead atoms. The third kappa shape index (κ3) is 3.35. The second-order valence-corrected chi connectivity index (χ2v) is 6.91. The van der Waals surface area contributed by atoms with Crippen LogP contribution >= 0.6 is 34.8 Å². The summed E-state index contributed by atoms with van der Waals surface area (Å²) in [5.74, 6) is -1.10. The second-order valence-electron chi connectivity index (χ2n) is 4.01. The Bertz CT molecular complexity index is 792. The third-order valence-electron chi connectivity index (χ3n) is 2.52. The predicted octanol–water partition coefficient (Wildman–Crippen LogP) is 4.17. The zero-order chi connectivity index (χ0) is 15.8. The van der Waals surface area contributed by atoms with E-state index in [0.29, 0.717) is 0 Å². The molecule has 0 atom stereocenters. The van der Waals surface area contributed by atoms with Crippen molar-refractivity contribution in [3.63, 3.8) is 0 Å². The molecule has 0 spiro atoms. The van der Waals surface area contributed by atoms with Crippen molar-refractivity contribution in [3.8, 4) is 0 Å². The summed E-state index contributed by atoms with van der Waals surface area (Å²) in [5, 5.41) is 0.127. The van der Waals surface area contributed by atoms with Crippen LogP contribution in [0.1, 0.15) is 0 Å². The topological polar surface area (TPSA) is 72.2 Å². The van der Waals surface area contributed by atoms with Crippen molar-refractivity contribution >= 4 is 56.2 Å². The van der Waals surface area contributed by atoms with Crippen molar-refractivity contribution < 1.29 is 12.8 Å². The Hall–Kier alpha value is -1.21. The van der Waals surface area contributed by atoms with E-state index in [2.05, 4.69) is 4.72 Å². The number of nitrogen functional groups attached to an aromatic ring is 1. The maximum absolute atomic E-state index is 13.9. The second kappa shape index (κ2) is 5.88. The smallest absolute Gasteiger partial charge is 0.265 e. The Morgan fingerprint density at radius 1 is 1.10 bits per heavy atom. The van der Waals surface area contributed by atoms with E-state index in [1.807, 2.05) is 0 Å². The van der Waals surface area contributed by atoms with Gasteiger partial charge < -0.3 is 5.73 Å². The van der Waals surface area contributed by atoms with Crippen LogP contribution in [-0.2, 0) is 10.0 Å². The van der Waals surface area contributed by atoms with Crippen LogP contribution < -0.4 is 10.5 Å². The molecule has 3 N–H and O–H groups in total. The van der Waals surface area contributed by atoms with Crippen LogP contribution in [0.15, 0.2) is 35.2 Å². The molecule has 2 aromatic carbocycles. The molecule has 0 heterocycles. The highest BCUT2D eigenvalue weighted by Crippen LogP contribution is 2.33. The van der Waals surface area contributed by atoms with Gasteiger partial charge in [0.2, 0.25) is 0 Å². The Balaban J connectivity index is 2.54. The zero-order valence-electron chi connectivity index (χ0n) is 10.2. The average molecular weight is 370 g/mol. The van der Waals surface area contributed by atoms with Gasteiger partial charge in [0.1, 0.15) is 4.90 Å². The molecule has 0 saturated heterocycles. The fourth-order valence-electron chi connectivity index (χ4n) is 1.56. The van der Waals surface area contributed by atoms with Crippen LogP contribution in [0.2, 0.25) is 15.1 Å². The van der Waals surface area contributed by atoms with Gasteiger partial charge in [-0.2, -0.15) is 0 Å². The van der Waals surface area contributed by atoms with E-state index in [9.17, 15) is 12.8 Å². The molecule has 0 aliphatic carbocycles. The number of sulfonamides is 1. The Morgan fingerprint density at radius 3 is 2.24 bits per heavy atom. The first-order valence-electron chi connectivity index (χ1n) is 5.43. The molecule has 2 aromatic rings. The van der Waals surface area contributed by atoms with Gasteiger partial charge in [0.25, 0.3) is 10.0 Å². The zero-order valence-corrected chi connectivity index (χ0v) is 13.3. The van der Waals surface area contributed by atoms with E-state index < -0.39 is 20.7 Å². The largest absolute Gasteiger partial charge is 0.396 e. The molecule has 9 heteroatoms. The molecule has 2 rings (SSSR count). The number of nitrogens with one attached hydrogen (secondary N) is 1. The maximum Gasteiger partial charge on any atom is 0.265 e. The fourth-order valence-corrected chi connectivity index (χ4v) is 3.69. The van der Waals surface area contributed by atoms with Gasteiger partial charge in [0, 0.05) is 5.02 Å². The molecule has 112 valence electrons. The lowest BCUT2D eigenvalue weighted by atomic mass is 10.3. The van der Waals surface area contributed by atoms with Crippen LogP contribution in [0.25, 0.3) is 0 Å². The predicted molar refractivity (Wildman–Crippen MR) is 83.1 cm³/mol. The molecule has 0 aromatic heterocycles. The number of benzene rings is 2. The molecule has 0 radical (unpaired) electrons. The van der Waals surface area contributed by atoms with Gasteiger partial charge >= 0.3 is 0 Å². The SMILES string of the molecule is Nc1cc(Cl)cc(S(=O)(=O)Nc2c(Cl)cccc2Cl)c1F. The first-order chi connectivity index (χ1) is 9.72. The molecule has 0 aliphatic rings. The van der Waals surface area contributed by atoms with E-state index in [4.69, 9.17) is 40.5 Å². The summed E-state index contributed by atoms with van der Waals surface area (Å²) in [6.07, 6.45) is 0. The van der Waals surface area contributed by atoms with Crippen LogP contribution in [-0.4, -0.2) is 8.42 Å². The van der Waals surface area contributed by atoms with Gasteiger partial charge in [-0.25, -0.2) is 12.8 Å². The molecule has 0 aliphatic heterocycles. The summed E-state index contributed by atoms with van der Waals surface area (Å²) in [5.41, 5.74) is 4.93. The van der Waals surface area contributed by atoms with Crippen LogP contribution in [0.5, 0.6) is 0 Å². The minimum Gasteiger partial charge on any atom is -0.396 e. The molecule has 0 unspecified atom stereocenters. The lowest BCUT2D eigenvalue weighted by Crippen LogP contribution is -2.16. The lowest BCUT2D eigenvalue weighted by molar-refractivity contribution is 0.573. The van der Waals surface area contributed by atoms with E-state index in [0.717, 1.165) is 12.1 Å². The normalized spacial score (nSPS) is 11.4. The molecule has 4 nitrogen and oxygen atoms in total. The molecule has 0 saturated carbocycles. The summed E-state index contributed by atoms with van der Waals surface area (Å²) >= 11 is 17.4. The van der Waals surface area contributed by atoms with Gasteiger partial charge in [-0.1, -0.05) is 40.9 Å². The highest BCUT2D eigenvalue weighted by atomic mass is 35.5. The first kappa shape index (κ1) is 16.2. The van der Waals surface area contributed by atoms with Gasteiger partial charge in [-0.05, 0) is 24.3 Å². The van der Waals surface area contributed by atoms with E-state index in [-0.39, 0.29) is 26.4 Å². The third-order valence-corrected chi connectivity index (χ3v) is 4.72. The molecular weight excluding hydrogens is 362 g/mol. The number of hydrogen-bond donors (Lipinski definition) is 2. The van der Waals surface area contributed by atoms with Gasteiger partial charge in [-0.15, -0.1) is 0 Å². The summed E-state index contributed by atoms with van der Waals surface area (Å²) in [6.45, 7) is 0. The quantitative estimate of drug-likeness (QED) is 0.798. The van der Waals surface area contributed by atoms with Crippen molar-refractivity contribution in [3.05, 3.63) is 51.2 Å². The maximum atomic E-state index is 13.9. The Labute approximate surface area is 135 Å². The van der Waals surface area contributed by atoms with Crippen molar-refractivity contribution in [1.82, 2.24) is 0 Å². The summed E-state index contributed by atoms with van der Waals surface area (Å²) < 4.78 is 40.5. The lowest BCUT2D eigenvalue weighted by Gasteiger charge is -2.12. The number of para-hydroxylation sites is 1. The number of rotatable bonds is 3. The first-order valence-corrected chi connectivity index (χ1v) is 8.05. The van der Waals surface area contributed by atoms with E-state index in [1.165, 1.54) is 12.1 Å². The number of halogens is 4. The minimum atomic E-state index is -4.29. The average Bonchev–Trinajstić information content (AvgIpc) is 2.38.